The summed E-state index contributed by atoms with van der Waals surface area (Å²) in [5.74, 6) is 0.124. The van der Waals surface area contributed by atoms with E-state index in [4.69, 9.17) is 16.3 Å². The van der Waals surface area contributed by atoms with Crippen LogP contribution in [0.2, 0.25) is 5.15 Å². The Hall–Kier alpha value is -1.49. The average Bonchev–Trinajstić information content (AvgIpc) is 2.27. The molecule has 2 aromatic rings. The SMILES string of the molecule is COc1cccc2c(Cl)ncc(C(F)(F)F)c12. The molecule has 0 radical (unpaired) electrons. The summed E-state index contributed by atoms with van der Waals surface area (Å²) < 4.78 is 43.4. The van der Waals surface area contributed by atoms with E-state index in [1.807, 2.05) is 0 Å². The maximum atomic E-state index is 12.8. The Morgan fingerprint density at radius 3 is 2.59 bits per heavy atom. The molecule has 2 nitrogen and oxygen atoms in total. The maximum Gasteiger partial charge on any atom is 0.418 e. The van der Waals surface area contributed by atoms with Crippen molar-refractivity contribution < 1.29 is 17.9 Å². The van der Waals surface area contributed by atoms with E-state index in [0.29, 0.717) is 6.20 Å². The van der Waals surface area contributed by atoms with Crippen LogP contribution in [-0.2, 0) is 6.18 Å². The second-order valence-corrected chi connectivity index (χ2v) is 3.70. The molecule has 0 amide bonds. The molecule has 0 bridgehead atoms. The monoisotopic (exact) mass is 261 g/mol. The highest BCUT2D eigenvalue weighted by atomic mass is 35.5. The van der Waals surface area contributed by atoms with E-state index in [0.717, 1.165) is 0 Å². The van der Waals surface area contributed by atoms with Crippen molar-refractivity contribution >= 4 is 22.4 Å². The number of hydrogen-bond acceptors (Lipinski definition) is 2. The van der Waals surface area contributed by atoms with Gasteiger partial charge in [-0.25, -0.2) is 4.98 Å². The molecule has 6 heteroatoms. The summed E-state index contributed by atoms with van der Waals surface area (Å²) in [6.45, 7) is 0. The van der Waals surface area contributed by atoms with E-state index in [2.05, 4.69) is 4.98 Å². The maximum absolute atomic E-state index is 12.8. The zero-order chi connectivity index (χ0) is 12.6. The first-order chi connectivity index (χ1) is 7.95. The first-order valence-electron chi connectivity index (χ1n) is 4.63. The molecule has 1 aromatic heterocycles. The van der Waals surface area contributed by atoms with Crippen molar-refractivity contribution in [3.8, 4) is 5.75 Å². The molecular weight excluding hydrogens is 255 g/mol. The number of ether oxygens (including phenoxy) is 1. The lowest BCUT2D eigenvalue weighted by Crippen LogP contribution is -2.07. The van der Waals surface area contributed by atoms with Crippen molar-refractivity contribution in [2.24, 2.45) is 0 Å². The van der Waals surface area contributed by atoms with Crippen LogP contribution in [0.15, 0.2) is 24.4 Å². The van der Waals surface area contributed by atoms with Gasteiger partial charge in [0.2, 0.25) is 0 Å². The predicted molar refractivity (Wildman–Crippen MR) is 58.3 cm³/mol. The number of alkyl halides is 3. The summed E-state index contributed by atoms with van der Waals surface area (Å²) in [5, 5.41) is 0.176. The molecule has 2 rings (SSSR count). The number of pyridine rings is 1. The van der Waals surface area contributed by atoms with E-state index >= 15 is 0 Å². The highest BCUT2D eigenvalue weighted by Crippen LogP contribution is 2.40. The minimum Gasteiger partial charge on any atom is -0.496 e. The smallest absolute Gasteiger partial charge is 0.418 e. The second kappa shape index (κ2) is 4.07. The van der Waals surface area contributed by atoms with Crippen LogP contribution in [0.1, 0.15) is 5.56 Å². The average molecular weight is 262 g/mol. The van der Waals surface area contributed by atoms with Crippen molar-refractivity contribution in [1.29, 1.82) is 0 Å². The van der Waals surface area contributed by atoms with Crippen LogP contribution in [0.4, 0.5) is 13.2 Å². The topological polar surface area (TPSA) is 22.1 Å². The van der Waals surface area contributed by atoms with Crippen molar-refractivity contribution in [2.45, 2.75) is 6.18 Å². The Kier molecular flexibility index (Phi) is 2.87. The molecular formula is C11H7ClF3NO. The molecule has 1 aromatic carbocycles. The van der Waals surface area contributed by atoms with Gasteiger partial charge < -0.3 is 4.74 Å². The van der Waals surface area contributed by atoms with Gasteiger partial charge in [0.1, 0.15) is 10.9 Å². The number of methoxy groups -OCH3 is 1. The summed E-state index contributed by atoms with van der Waals surface area (Å²) in [4.78, 5) is 3.54. The number of benzene rings is 1. The lowest BCUT2D eigenvalue weighted by molar-refractivity contribution is -0.136. The lowest BCUT2D eigenvalue weighted by atomic mass is 10.1. The number of hydrogen-bond donors (Lipinski definition) is 0. The minimum atomic E-state index is -4.50. The summed E-state index contributed by atoms with van der Waals surface area (Å²) in [7, 11) is 1.31. The van der Waals surface area contributed by atoms with E-state index in [1.54, 1.807) is 6.07 Å². The van der Waals surface area contributed by atoms with Gasteiger partial charge in [-0.05, 0) is 6.07 Å². The molecule has 0 spiro atoms. The van der Waals surface area contributed by atoms with Gasteiger partial charge in [-0.15, -0.1) is 0 Å². The number of fused-ring (bicyclic) bond motifs is 1. The van der Waals surface area contributed by atoms with Crippen LogP contribution in [0, 0.1) is 0 Å². The van der Waals surface area contributed by atoms with Crippen LogP contribution >= 0.6 is 11.6 Å². The Labute approximate surface area is 100.0 Å². The van der Waals surface area contributed by atoms with Gasteiger partial charge in [0.15, 0.2) is 0 Å². The van der Waals surface area contributed by atoms with Gasteiger partial charge in [0, 0.05) is 17.0 Å². The molecule has 17 heavy (non-hydrogen) atoms. The molecule has 0 aliphatic heterocycles. The number of nitrogens with zero attached hydrogens (tertiary/aromatic N) is 1. The fourth-order valence-corrected chi connectivity index (χ4v) is 1.83. The van der Waals surface area contributed by atoms with Gasteiger partial charge in [0.25, 0.3) is 0 Å². The molecule has 0 unspecified atom stereocenters. The molecule has 1 heterocycles. The minimum absolute atomic E-state index is 0.0203. The van der Waals surface area contributed by atoms with Crippen LogP contribution < -0.4 is 4.74 Å². The highest BCUT2D eigenvalue weighted by Gasteiger charge is 2.34. The zero-order valence-electron chi connectivity index (χ0n) is 8.68. The Morgan fingerprint density at radius 2 is 2.00 bits per heavy atom. The molecule has 0 saturated heterocycles. The molecule has 0 atom stereocenters. The first-order valence-corrected chi connectivity index (χ1v) is 5.01. The third-order valence-electron chi connectivity index (χ3n) is 2.35. The molecule has 0 fully saturated rings. The highest BCUT2D eigenvalue weighted by molar-refractivity contribution is 6.34. The Morgan fingerprint density at radius 1 is 1.29 bits per heavy atom. The third kappa shape index (κ3) is 2.02. The van der Waals surface area contributed by atoms with Gasteiger partial charge in [-0.1, -0.05) is 23.7 Å². The third-order valence-corrected chi connectivity index (χ3v) is 2.65. The van der Waals surface area contributed by atoms with E-state index in [9.17, 15) is 13.2 Å². The summed E-state index contributed by atoms with van der Waals surface area (Å²) >= 11 is 5.77. The number of halogens is 4. The number of rotatable bonds is 1. The Bertz CT molecular complexity index is 568. The van der Waals surface area contributed by atoms with Crippen molar-refractivity contribution in [3.63, 3.8) is 0 Å². The summed E-state index contributed by atoms with van der Waals surface area (Å²) in [6.07, 6.45) is -3.78. The van der Waals surface area contributed by atoms with Crippen LogP contribution in [0.25, 0.3) is 10.8 Å². The van der Waals surface area contributed by atoms with E-state index < -0.39 is 11.7 Å². The number of aromatic nitrogens is 1. The van der Waals surface area contributed by atoms with Crippen molar-refractivity contribution in [1.82, 2.24) is 4.98 Å². The second-order valence-electron chi connectivity index (χ2n) is 3.34. The van der Waals surface area contributed by atoms with Gasteiger partial charge >= 0.3 is 6.18 Å². The normalized spacial score (nSPS) is 11.8. The molecule has 0 N–H and O–H groups in total. The molecule has 0 saturated carbocycles. The fourth-order valence-electron chi connectivity index (χ4n) is 1.62. The molecule has 0 aliphatic rings. The van der Waals surface area contributed by atoms with Crippen LogP contribution in [0.5, 0.6) is 5.75 Å². The van der Waals surface area contributed by atoms with Gasteiger partial charge in [0.05, 0.1) is 12.7 Å². The van der Waals surface area contributed by atoms with E-state index in [1.165, 1.54) is 19.2 Å². The standard InChI is InChI=1S/C11H7ClF3NO/c1-17-8-4-2-3-6-9(8)7(11(13,14)15)5-16-10(6)12/h2-5H,1H3. The van der Waals surface area contributed by atoms with Crippen molar-refractivity contribution in [2.75, 3.05) is 7.11 Å². The van der Waals surface area contributed by atoms with E-state index in [-0.39, 0.29) is 21.7 Å². The lowest BCUT2D eigenvalue weighted by Gasteiger charge is -2.13. The Balaban J connectivity index is 2.91. The van der Waals surface area contributed by atoms with Gasteiger partial charge in [-0.3, -0.25) is 0 Å². The molecule has 90 valence electrons. The summed E-state index contributed by atoms with van der Waals surface area (Å²) in [5.41, 5.74) is -0.852. The zero-order valence-corrected chi connectivity index (χ0v) is 9.43. The largest absolute Gasteiger partial charge is 0.496 e. The molecule has 0 aliphatic carbocycles. The quantitative estimate of drug-likeness (QED) is 0.726. The van der Waals surface area contributed by atoms with Crippen molar-refractivity contribution in [3.05, 3.63) is 35.1 Å². The van der Waals surface area contributed by atoms with Crippen LogP contribution in [0.3, 0.4) is 0 Å². The van der Waals surface area contributed by atoms with Crippen LogP contribution in [-0.4, -0.2) is 12.1 Å². The summed E-state index contributed by atoms with van der Waals surface area (Å²) in [6, 6.07) is 4.49. The first kappa shape index (κ1) is 12.0. The van der Waals surface area contributed by atoms with Gasteiger partial charge in [-0.2, -0.15) is 13.2 Å². The fraction of sp³-hybridized carbons (Fsp3) is 0.182. The predicted octanol–water partition coefficient (Wildman–Crippen LogP) is 3.92.